The molecule has 0 bridgehead atoms. The Morgan fingerprint density at radius 1 is 1.12 bits per heavy atom. The summed E-state index contributed by atoms with van der Waals surface area (Å²) in [6.07, 6.45) is -3.24. The van der Waals surface area contributed by atoms with Crippen LogP contribution in [0, 0.1) is 0 Å². The number of hydrogen-bond acceptors (Lipinski definition) is 4. The maximum Gasteiger partial charge on any atom is 0.0661 e. The van der Waals surface area contributed by atoms with Gasteiger partial charge in [-0.05, 0) is 50.1 Å². The molecule has 0 amide bonds. The van der Waals surface area contributed by atoms with Crippen molar-refractivity contribution in [3.63, 3.8) is 0 Å². The summed E-state index contributed by atoms with van der Waals surface area (Å²) in [5.41, 5.74) is -0.0508. The highest BCUT2D eigenvalue weighted by atomic mass is 35.5. The van der Waals surface area contributed by atoms with Crippen molar-refractivity contribution >= 4 is 34.7 Å². The Balaban J connectivity index is 1.82. The number of likely N-dealkylation sites (N-methyl/N-ethyl adjacent to an activating group) is 1. The van der Waals surface area contributed by atoms with Gasteiger partial charge in [0.2, 0.25) is 0 Å². The minimum absolute atomic E-state index is 0.0460. The Bertz CT molecular complexity index is 1210. The van der Waals surface area contributed by atoms with E-state index in [0.717, 1.165) is 21.6 Å². The molecule has 1 fully saturated rings. The maximum absolute atomic E-state index is 9.00. The maximum atomic E-state index is 9.00. The predicted octanol–water partition coefficient (Wildman–Crippen LogP) is 4.58. The second-order valence-electron chi connectivity index (χ2n) is 5.59. The Morgan fingerprint density at radius 2 is 1.96 bits per heavy atom. The zero-order chi connectivity index (χ0) is 27.7. The molecule has 2 aliphatic rings. The van der Waals surface area contributed by atoms with Gasteiger partial charge >= 0.3 is 0 Å². The van der Waals surface area contributed by atoms with Crippen molar-refractivity contribution in [2.24, 2.45) is 0 Å². The van der Waals surface area contributed by atoms with Gasteiger partial charge in [-0.3, -0.25) is 0 Å². The fourth-order valence-corrected chi connectivity index (χ4v) is 3.76. The van der Waals surface area contributed by atoms with Crippen LogP contribution in [0.1, 0.15) is 22.8 Å². The SMILES string of the molecule is [2H]c1c([2H])c2c(c([2H])c1Cl)N(C([2H])([2H])C([2H])([2H])C([2H])([2H])N1CCN(C([2H])([2H])[2H])CC1)c1ccccc1S2. The van der Waals surface area contributed by atoms with E-state index in [1.54, 1.807) is 18.2 Å². The lowest BCUT2D eigenvalue weighted by atomic mass is 10.2. The lowest BCUT2D eigenvalue weighted by Crippen LogP contribution is -2.45. The number of rotatable bonds is 4. The first kappa shape index (κ1) is 8.22. The summed E-state index contributed by atoms with van der Waals surface area (Å²) in [4.78, 5) is 3.63. The highest BCUT2D eigenvalue weighted by Gasteiger charge is 2.23. The van der Waals surface area contributed by atoms with Gasteiger partial charge in [-0.1, -0.05) is 35.5 Å². The molecule has 2 aromatic carbocycles. The van der Waals surface area contributed by atoms with Crippen molar-refractivity contribution in [2.45, 2.75) is 16.2 Å². The standard InChI is InChI=1S/C20H24ClN3S/c1-22-11-13-23(14-12-22)9-4-10-24-17-5-2-3-6-19(17)25-20-8-7-16(21)15-18(20)24/h2-3,5-8,15H,4,9-14H2,1H3/i1D3,4D2,7D,8D,9D2,10D2,15D. The number of fused-ring (bicyclic) bond motifs is 2. The van der Waals surface area contributed by atoms with Gasteiger partial charge in [-0.25, -0.2) is 0 Å². The predicted molar refractivity (Wildman–Crippen MR) is 108 cm³/mol. The average molecular weight is 386 g/mol. The molecule has 0 radical (unpaired) electrons. The molecule has 0 atom stereocenters. The third-order valence-electron chi connectivity index (χ3n) is 3.93. The molecular formula is C20H24ClN3S. The minimum Gasteiger partial charge on any atom is -0.340 e. The third kappa shape index (κ3) is 3.82. The summed E-state index contributed by atoms with van der Waals surface area (Å²) >= 11 is 7.19. The number of para-hydroxylation sites is 1. The van der Waals surface area contributed by atoms with E-state index in [4.69, 9.17) is 28.1 Å². The topological polar surface area (TPSA) is 9.72 Å². The van der Waals surface area contributed by atoms with E-state index >= 15 is 0 Å². The zero-order valence-electron chi connectivity index (χ0n) is 25.3. The van der Waals surface area contributed by atoms with E-state index in [1.165, 1.54) is 11.0 Å². The van der Waals surface area contributed by atoms with E-state index < -0.39 is 43.4 Å². The van der Waals surface area contributed by atoms with Gasteiger partial charge in [0, 0.05) is 59.8 Å². The number of hydrogen-bond donors (Lipinski definition) is 0. The molecule has 3 nitrogen and oxygen atoms in total. The van der Waals surface area contributed by atoms with Gasteiger partial charge in [-0.15, -0.1) is 0 Å². The quantitative estimate of drug-likeness (QED) is 0.761. The van der Waals surface area contributed by atoms with Crippen LogP contribution < -0.4 is 4.90 Å². The van der Waals surface area contributed by atoms with Gasteiger partial charge < -0.3 is 14.7 Å². The van der Waals surface area contributed by atoms with Crippen molar-refractivity contribution < 1.29 is 16.4 Å². The van der Waals surface area contributed by atoms with Gasteiger partial charge in [0.25, 0.3) is 0 Å². The molecule has 25 heavy (non-hydrogen) atoms. The molecule has 5 heteroatoms. The van der Waals surface area contributed by atoms with E-state index in [-0.39, 0.29) is 48.5 Å². The van der Waals surface area contributed by atoms with Crippen molar-refractivity contribution in [3.8, 4) is 0 Å². The Hall–Kier alpha value is -1.20. The normalized spacial score (nSPS) is 27.3. The van der Waals surface area contributed by atoms with Crippen molar-refractivity contribution in [3.05, 3.63) is 47.4 Å². The lowest BCUT2D eigenvalue weighted by Gasteiger charge is -2.35. The summed E-state index contributed by atoms with van der Waals surface area (Å²) < 4.78 is 101. The van der Waals surface area contributed by atoms with E-state index in [0.29, 0.717) is 4.90 Å². The fourth-order valence-electron chi connectivity index (χ4n) is 2.65. The molecule has 4 rings (SSSR count). The van der Waals surface area contributed by atoms with Crippen LogP contribution in [0.5, 0.6) is 0 Å². The molecule has 2 aromatic rings. The van der Waals surface area contributed by atoms with Crippen LogP contribution >= 0.6 is 23.4 Å². The number of halogens is 1. The monoisotopic (exact) mass is 385 g/mol. The van der Waals surface area contributed by atoms with Gasteiger partial charge in [0.15, 0.2) is 0 Å². The van der Waals surface area contributed by atoms with E-state index in [1.807, 2.05) is 0 Å². The molecule has 0 aliphatic carbocycles. The molecule has 0 spiro atoms. The zero-order valence-corrected chi connectivity index (χ0v) is 14.8. The van der Waals surface area contributed by atoms with Crippen molar-refractivity contribution in [1.29, 1.82) is 0 Å². The van der Waals surface area contributed by atoms with E-state index in [2.05, 4.69) is 0 Å². The summed E-state index contributed by atoms with van der Waals surface area (Å²) in [6, 6.07) is 5.18. The van der Waals surface area contributed by atoms with Crippen LogP contribution in [0.15, 0.2) is 52.2 Å². The summed E-state index contributed by atoms with van der Waals surface area (Å²) in [6.45, 7) is -8.79. The van der Waals surface area contributed by atoms with Crippen LogP contribution in [-0.4, -0.2) is 55.9 Å². The molecular weight excluding hydrogens is 350 g/mol. The molecule has 0 aromatic heterocycles. The van der Waals surface area contributed by atoms with Crippen LogP contribution in [0.3, 0.4) is 0 Å². The summed E-state index contributed by atoms with van der Waals surface area (Å²) in [5, 5.41) is -0.395. The van der Waals surface area contributed by atoms with Gasteiger partial charge in [-0.2, -0.15) is 0 Å². The highest BCUT2D eigenvalue weighted by Crippen LogP contribution is 2.48. The average Bonchev–Trinajstić information content (AvgIpc) is 2.84. The Morgan fingerprint density at radius 3 is 2.80 bits per heavy atom. The van der Waals surface area contributed by atoms with Gasteiger partial charge in [0.1, 0.15) is 0 Å². The van der Waals surface area contributed by atoms with Crippen LogP contribution in [-0.2, 0) is 0 Å². The van der Waals surface area contributed by atoms with Crippen molar-refractivity contribution in [2.75, 3.05) is 51.0 Å². The minimum atomic E-state index is -3.24. The molecule has 2 heterocycles. The second kappa shape index (κ2) is 7.58. The van der Waals surface area contributed by atoms with E-state index in [9.17, 15) is 0 Å². The molecule has 0 N–H and O–H groups in total. The first-order chi connectivity index (χ1) is 16.9. The Kier molecular flexibility index (Phi) is 2.49. The Labute approximate surface area is 176 Å². The largest absolute Gasteiger partial charge is 0.340 e. The first-order valence-electron chi connectivity index (χ1n) is 13.8. The summed E-state index contributed by atoms with van der Waals surface area (Å²) in [5.74, 6) is 0. The lowest BCUT2D eigenvalue weighted by molar-refractivity contribution is 0.153. The number of piperazine rings is 1. The molecule has 2 aliphatic heterocycles. The summed E-state index contributed by atoms with van der Waals surface area (Å²) in [7, 11) is 0. The number of anilines is 2. The molecule has 0 saturated carbocycles. The molecule has 0 unspecified atom stereocenters. The third-order valence-corrected chi connectivity index (χ3v) is 5.19. The fraction of sp³-hybridized carbons (Fsp3) is 0.400. The molecule has 132 valence electrons. The highest BCUT2D eigenvalue weighted by molar-refractivity contribution is 7.99. The van der Waals surface area contributed by atoms with Crippen LogP contribution in [0.2, 0.25) is 5.02 Å². The number of nitrogens with zero attached hydrogens (tertiary/aromatic N) is 3. The van der Waals surface area contributed by atoms with Crippen LogP contribution in [0.25, 0.3) is 0 Å². The second-order valence-corrected chi connectivity index (χ2v) is 7.02. The van der Waals surface area contributed by atoms with Gasteiger partial charge in [0.05, 0.1) is 15.5 Å². The molecule has 1 saturated heterocycles. The van der Waals surface area contributed by atoms with Crippen LogP contribution in [0.4, 0.5) is 11.4 Å². The number of benzene rings is 2. The van der Waals surface area contributed by atoms with Crippen molar-refractivity contribution in [1.82, 2.24) is 9.80 Å². The first-order valence-corrected chi connectivity index (χ1v) is 9.00. The smallest absolute Gasteiger partial charge is 0.0661 e.